The minimum atomic E-state index is -3.84. The highest BCUT2D eigenvalue weighted by molar-refractivity contribution is 9.10. The van der Waals surface area contributed by atoms with Gasteiger partial charge in [0.2, 0.25) is 0 Å². The summed E-state index contributed by atoms with van der Waals surface area (Å²) in [4.78, 5) is 7.98. The molecule has 0 saturated heterocycles. The van der Waals surface area contributed by atoms with Gasteiger partial charge < -0.3 is 9.73 Å². The molecule has 0 radical (unpaired) electrons. The number of rotatable bonds is 5. The van der Waals surface area contributed by atoms with Crippen molar-refractivity contribution in [2.75, 3.05) is 16.6 Å². The summed E-state index contributed by atoms with van der Waals surface area (Å²) in [6, 6.07) is 1.38. The molecule has 0 fully saturated rings. The van der Waals surface area contributed by atoms with Gasteiger partial charge in [-0.3, -0.25) is 0 Å². The topological polar surface area (TPSA) is 97.1 Å². The van der Waals surface area contributed by atoms with Gasteiger partial charge in [-0.2, -0.15) is 4.98 Å². The van der Waals surface area contributed by atoms with Crippen LogP contribution < -0.4 is 10.0 Å². The average Bonchev–Trinajstić information content (AvgIpc) is 2.76. The highest BCUT2D eigenvalue weighted by atomic mass is 79.9. The van der Waals surface area contributed by atoms with Crippen molar-refractivity contribution in [3.05, 3.63) is 28.7 Å². The molecule has 0 atom stereocenters. The Kier molecular flexibility index (Phi) is 4.29. The predicted molar refractivity (Wildman–Crippen MR) is 78.1 cm³/mol. The van der Waals surface area contributed by atoms with Crippen molar-refractivity contribution in [2.45, 2.75) is 18.7 Å². The van der Waals surface area contributed by atoms with Crippen LogP contribution in [-0.4, -0.2) is 24.9 Å². The molecule has 20 heavy (non-hydrogen) atoms. The van der Waals surface area contributed by atoms with E-state index < -0.39 is 10.0 Å². The number of hydrogen-bond acceptors (Lipinski definition) is 6. The summed E-state index contributed by atoms with van der Waals surface area (Å²) >= 11 is 3.21. The summed E-state index contributed by atoms with van der Waals surface area (Å²) in [6.45, 7) is 4.10. The number of oxazole rings is 1. The first kappa shape index (κ1) is 14.8. The molecular weight excluding hydrogens is 348 g/mol. The van der Waals surface area contributed by atoms with E-state index in [0.29, 0.717) is 16.7 Å². The van der Waals surface area contributed by atoms with E-state index in [1.807, 2.05) is 6.92 Å². The molecule has 0 bridgehead atoms. The van der Waals surface area contributed by atoms with Gasteiger partial charge in [-0.1, -0.05) is 0 Å². The number of aromatic nitrogens is 2. The van der Waals surface area contributed by atoms with E-state index in [1.165, 1.54) is 18.5 Å². The van der Waals surface area contributed by atoms with Crippen LogP contribution in [0.15, 0.2) is 32.3 Å². The molecule has 2 heterocycles. The van der Waals surface area contributed by atoms with Crippen molar-refractivity contribution in [3.8, 4) is 0 Å². The molecule has 108 valence electrons. The van der Waals surface area contributed by atoms with Gasteiger partial charge in [0.15, 0.2) is 0 Å². The number of halogens is 1. The Hall–Kier alpha value is -1.61. The first-order chi connectivity index (χ1) is 9.42. The zero-order valence-corrected chi connectivity index (χ0v) is 13.2. The number of hydrogen-bond donors (Lipinski definition) is 2. The molecule has 0 unspecified atom stereocenters. The maximum absolute atomic E-state index is 12.3. The molecule has 2 aromatic heterocycles. The smallest absolute Gasteiger partial charge is 0.309 e. The Morgan fingerprint density at radius 3 is 2.80 bits per heavy atom. The Bertz CT molecular complexity index is 714. The van der Waals surface area contributed by atoms with E-state index in [0.717, 1.165) is 0 Å². The van der Waals surface area contributed by atoms with E-state index in [9.17, 15) is 8.42 Å². The molecule has 0 aliphatic rings. The van der Waals surface area contributed by atoms with E-state index in [-0.39, 0.29) is 16.7 Å². The van der Waals surface area contributed by atoms with Crippen LogP contribution in [-0.2, 0) is 10.0 Å². The molecule has 9 heteroatoms. The third-order valence-electron chi connectivity index (χ3n) is 2.29. The maximum atomic E-state index is 12.3. The van der Waals surface area contributed by atoms with Crippen LogP contribution in [0.5, 0.6) is 0 Å². The molecule has 7 nitrogen and oxygen atoms in total. The number of aryl methyl sites for hydroxylation is 1. The molecule has 2 rings (SSSR count). The van der Waals surface area contributed by atoms with Crippen LogP contribution in [0.4, 0.5) is 11.8 Å². The number of sulfonamides is 1. The van der Waals surface area contributed by atoms with Crippen molar-refractivity contribution in [3.63, 3.8) is 0 Å². The summed E-state index contributed by atoms with van der Waals surface area (Å²) in [5, 5.41) is 2.90. The molecule has 0 aliphatic carbocycles. The van der Waals surface area contributed by atoms with Crippen molar-refractivity contribution in [2.24, 2.45) is 0 Å². The second kappa shape index (κ2) is 5.80. The highest BCUT2D eigenvalue weighted by Crippen LogP contribution is 2.24. The largest absolute Gasteiger partial charge is 0.431 e. The molecule has 0 spiro atoms. The fourth-order valence-electron chi connectivity index (χ4n) is 1.50. The lowest BCUT2D eigenvalue weighted by Crippen LogP contribution is -2.16. The van der Waals surface area contributed by atoms with Crippen LogP contribution in [0.2, 0.25) is 0 Å². The maximum Gasteiger partial charge on any atom is 0.309 e. The van der Waals surface area contributed by atoms with Gasteiger partial charge in [-0.05, 0) is 35.8 Å². The molecular formula is C11H13BrN4O3S. The van der Waals surface area contributed by atoms with Gasteiger partial charge in [0.25, 0.3) is 10.0 Å². The average molecular weight is 361 g/mol. The lowest BCUT2D eigenvalue weighted by Gasteiger charge is -2.10. The van der Waals surface area contributed by atoms with Gasteiger partial charge in [-0.25, -0.2) is 18.1 Å². The van der Waals surface area contributed by atoms with Crippen molar-refractivity contribution < 1.29 is 12.8 Å². The van der Waals surface area contributed by atoms with E-state index in [1.54, 1.807) is 6.92 Å². The van der Waals surface area contributed by atoms with Crippen molar-refractivity contribution >= 4 is 37.8 Å². The second-order valence-electron chi connectivity index (χ2n) is 3.93. The van der Waals surface area contributed by atoms with Crippen LogP contribution in [0, 0.1) is 6.92 Å². The SMILES string of the molecule is CCNc1ncc(Br)cc1S(=O)(=O)Nc1nc(C)co1. The molecule has 2 aromatic rings. The van der Waals surface area contributed by atoms with Crippen molar-refractivity contribution in [1.29, 1.82) is 0 Å². The number of nitrogens with one attached hydrogen (secondary N) is 2. The van der Waals surface area contributed by atoms with Crippen molar-refractivity contribution in [1.82, 2.24) is 9.97 Å². The van der Waals surface area contributed by atoms with Crippen LogP contribution in [0.25, 0.3) is 0 Å². The van der Waals surface area contributed by atoms with E-state index in [4.69, 9.17) is 4.42 Å². The lowest BCUT2D eigenvalue weighted by atomic mass is 10.4. The molecule has 2 N–H and O–H groups in total. The zero-order valence-electron chi connectivity index (χ0n) is 10.8. The van der Waals surface area contributed by atoms with Crippen LogP contribution in [0.3, 0.4) is 0 Å². The summed E-state index contributed by atoms with van der Waals surface area (Å²) in [6.07, 6.45) is 2.88. The Morgan fingerprint density at radius 1 is 1.45 bits per heavy atom. The normalized spacial score (nSPS) is 11.3. The second-order valence-corrected chi connectivity index (χ2v) is 6.50. The summed E-state index contributed by atoms with van der Waals surface area (Å²) < 4.78 is 32.5. The van der Waals surface area contributed by atoms with Gasteiger partial charge in [0.1, 0.15) is 17.0 Å². The van der Waals surface area contributed by atoms with Crippen LogP contribution in [0.1, 0.15) is 12.6 Å². The monoisotopic (exact) mass is 360 g/mol. The first-order valence-electron chi connectivity index (χ1n) is 5.76. The van der Waals surface area contributed by atoms with Gasteiger partial charge >= 0.3 is 6.01 Å². The number of pyridine rings is 1. The summed E-state index contributed by atoms with van der Waals surface area (Å²) in [7, 11) is -3.84. The Morgan fingerprint density at radius 2 is 2.20 bits per heavy atom. The minimum Gasteiger partial charge on any atom is -0.431 e. The standard InChI is InChI=1S/C11H13BrN4O3S/c1-3-13-10-9(4-8(12)5-14-10)20(17,18)16-11-15-7(2)6-19-11/h4-6H,3H2,1-2H3,(H,13,14)(H,15,16). The Balaban J connectivity index is 2.40. The predicted octanol–water partition coefficient (Wildman–Crippen LogP) is 2.37. The minimum absolute atomic E-state index is 0.0181. The van der Waals surface area contributed by atoms with Gasteiger partial charge in [0, 0.05) is 17.2 Å². The number of anilines is 2. The fourth-order valence-corrected chi connectivity index (χ4v) is 3.07. The Labute approximate surface area is 125 Å². The summed E-state index contributed by atoms with van der Waals surface area (Å²) in [5.74, 6) is 0.270. The van der Waals surface area contributed by atoms with Crippen LogP contribution >= 0.6 is 15.9 Å². The summed E-state index contributed by atoms with van der Waals surface area (Å²) in [5.41, 5.74) is 0.585. The molecule has 0 amide bonds. The molecule has 0 aliphatic heterocycles. The number of nitrogens with zero attached hydrogens (tertiary/aromatic N) is 2. The fraction of sp³-hybridized carbons (Fsp3) is 0.273. The van der Waals surface area contributed by atoms with Gasteiger partial charge in [0.05, 0.1) is 5.69 Å². The van der Waals surface area contributed by atoms with E-state index >= 15 is 0 Å². The van der Waals surface area contributed by atoms with E-state index in [2.05, 4.69) is 35.9 Å². The third kappa shape index (κ3) is 3.28. The highest BCUT2D eigenvalue weighted by Gasteiger charge is 2.22. The van der Waals surface area contributed by atoms with Gasteiger partial charge in [-0.15, -0.1) is 0 Å². The first-order valence-corrected chi connectivity index (χ1v) is 8.04. The molecule has 0 aromatic carbocycles. The zero-order chi connectivity index (χ0) is 14.8. The molecule has 0 saturated carbocycles. The lowest BCUT2D eigenvalue weighted by molar-refractivity contribution is 0.569. The quantitative estimate of drug-likeness (QED) is 0.849. The third-order valence-corrected chi connectivity index (χ3v) is 4.06.